The number of carboxylic acids is 1. The van der Waals surface area contributed by atoms with E-state index >= 15 is 0 Å². The van der Waals surface area contributed by atoms with Gasteiger partial charge in [0.2, 0.25) is 0 Å². The van der Waals surface area contributed by atoms with Crippen molar-refractivity contribution >= 4 is 21.9 Å². The largest absolute Gasteiger partial charge is 0.497 e. The van der Waals surface area contributed by atoms with E-state index in [9.17, 15) is 4.79 Å². The highest BCUT2D eigenvalue weighted by Crippen LogP contribution is 2.34. The summed E-state index contributed by atoms with van der Waals surface area (Å²) in [6, 6.07) is 3.75. The van der Waals surface area contributed by atoms with E-state index in [0.717, 1.165) is 40.9 Å². The third kappa shape index (κ3) is 3.89. The molecule has 1 aliphatic heterocycles. The molecular weight excluding hydrogens is 338 g/mol. The van der Waals surface area contributed by atoms with Crippen molar-refractivity contribution in [3.63, 3.8) is 0 Å². The van der Waals surface area contributed by atoms with Gasteiger partial charge in [0.1, 0.15) is 11.5 Å². The van der Waals surface area contributed by atoms with Crippen molar-refractivity contribution in [2.45, 2.75) is 19.4 Å². The molecule has 0 bridgehead atoms. The van der Waals surface area contributed by atoms with Crippen molar-refractivity contribution in [1.82, 2.24) is 4.90 Å². The molecular formula is C15H20BrNO4. The van der Waals surface area contributed by atoms with Crippen LogP contribution in [0.4, 0.5) is 0 Å². The zero-order valence-corrected chi connectivity index (χ0v) is 13.9. The van der Waals surface area contributed by atoms with Gasteiger partial charge < -0.3 is 14.6 Å². The third-order valence-electron chi connectivity index (χ3n) is 3.82. The molecule has 0 amide bonds. The second kappa shape index (κ2) is 7.13. The fraction of sp³-hybridized carbons (Fsp3) is 0.533. The molecule has 0 radical (unpaired) electrons. The lowest BCUT2D eigenvalue weighted by Crippen LogP contribution is -2.38. The Morgan fingerprint density at radius 1 is 1.43 bits per heavy atom. The predicted octanol–water partition coefficient (Wildman–Crippen LogP) is 2.76. The topological polar surface area (TPSA) is 59.0 Å². The van der Waals surface area contributed by atoms with Gasteiger partial charge in [0.05, 0.1) is 20.1 Å². The Morgan fingerprint density at radius 3 is 2.81 bits per heavy atom. The fourth-order valence-corrected chi connectivity index (χ4v) is 3.21. The number of nitrogens with zero attached hydrogens (tertiary/aromatic N) is 1. The van der Waals surface area contributed by atoms with Gasteiger partial charge in [-0.1, -0.05) is 15.9 Å². The summed E-state index contributed by atoms with van der Waals surface area (Å²) in [4.78, 5) is 13.3. The maximum atomic E-state index is 11.1. The second-order valence-corrected chi connectivity index (χ2v) is 6.06. The van der Waals surface area contributed by atoms with E-state index in [0.29, 0.717) is 13.1 Å². The molecule has 0 aromatic heterocycles. The van der Waals surface area contributed by atoms with Crippen LogP contribution in [0.25, 0.3) is 0 Å². The van der Waals surface area contributed by atoms with E-state index in [-0.39, 0.29) is 5.92 Å². The van der Waals surface area contributed by atoms with Crippen LogP contribution in [0.3, 0.4) is 0 Å². The molecule has 116 valence electrons. The number of carbonyl (C=O) groups is 1. The summed E-state index contributed by atoms with van der Waals surface area (Å²) in [5.74, 6) is 0.491. The lowest BCUT2D eigenvalue weighted by Gasteiger charge is -2.31. The number of aliphatic carboxylic acids is 1. The maximum absolute atomic E-state index is 11.1. The number of piperidine rings is 1. The fourth-order valence-electron chi connectivity index (χ4n) is 2.67. The van der Waals surface area contributed by atoms with Crippen LogP contribution in [-0.2, 0) is 11.3 Å². The first kappa shape index (κ1) is 16.1. The van der Waals surface area contributed by atoms with E-state index in [1.54, 1.807) is 14.2 Å². The summed E-state index contributed by atoms with van der Waals surface area (Å²) < 4.78 is 11.6. The van der Waals surface area contributed by atoms with Gasteiger partial charge in [0.15, 0.2) is 0 Å². The molecule has 1 unspecified atom stereocenters. The van der Waals surface area contributed by atoms with Gasteiger partial charge in [-0.05, 0) is 25.5 Å². The van der Waals surface area contributed by atoms with Gasteiger partial charge in [-0.3, -0.25) is 9.69 Å². The first-order chi connectivity index (χ1) is 10.0. The quantitative estimate of drug-likeness (QED) is 0.877. The maximum Gasteiger partial charge on any atom is 0.307 e. The predicted molar refractivity (Wildman–Crippen MR) is 82.9 cm³/mol. The highest BCUT2D eigenvalue weighted by Gasteiger charge is 2.26. The molecule has 2 rings (SSSR count). The van der Waals surface area contributed by atoms with Crippen molar-refractivity contribution in [1.29, 1.82) is 0 Å². The molecule has 1 heterocycles. The Morgan fingerprint density at radius 2 is 2.19 bits per heavy atom. The number of carboxylic acid groups (broad SMARTS) is 1. The van der Waals surface area contributed by atoms with Crippen LogP contribution in [0.5, 0.6) is 11.5 Å². The molecule has 0 spiro atoms. The first-order valence-corrected chi connectivity index (χ1v) is 7.70. The molecule has 1 atom stereocenters. The van der Waals surface area contributed by atoms with Crippen molar-refractivity contribution in [2.75, 3.05) is 27.3 Å². The van der Waals surface area contributed by atoms with E-state index in [2.05, 4.69) is 20.8 Å². The number of methoxy groups -OCH3 is 2. The van der Waals surface area contributed by atoms with Crippen molar-refractivity contribution < 1.29 is 19.4 Å². The SMILES string of the molecule is COc1cc(Br)c(CN2CCCC(C(=O)O)C2)c(OC)c1. The molecule has 1 aromatic rings. The molecule has 1 saturated heterocycles. The summed E-state index contributed by atoms with van der Waals surface area (Å²) in [6.45, 7) is 2.15. The zero-order valence-electron chi connectivity index (χ0n) is 12.3. The van der Waals surface area contributed by atoms with Gasteiger partial charge in [0, 0.05) is 29.2 Å². The lowest BCUT2D eigenvalue weighted by atomic mass is 9.98. The second-order valence-electron chi connectivity index (χ2n) is 5.20. The summed E-state index contributed by atoms with van der Waals surface area (Å²) in [5.41, 5.74) is 1.02. The van der Waals surface area contributed by atoms with Gasteiger partial charge in [-0.15, -0.1) is 0 Å². The van der Waals surface area contributed by atoms with E-state index in [1.807, 2.05) is 12.1 Å². The Bertz CT molecular complexity index is 521. The highest BCUT2D eigenvalue weighted by atomic mass is 79.9. The van der Waals surface area contributed by atoms with Crippen LogP contribution in [-0.4, -0.2) is 43.3 Å². The zero-order chi connectivity index (χ0) is 15.4. The third-order valence-corrected chi connectivity index (χ3v) is 4.53. The van der Waals surface area contributed by atoms with E-state index < -0.39 is 5.97 Å². The number of ether oxygens (including phenoxy) is 2. The molecule has 1 N–H and O–H groups in total. The van der Waals surface area contributed by atoms with Crippen molar-refractivity contribution in [3.05, 3.63) is 22.2 Å². The van der Waals surface area contributed by atoms with Crippen LogP contribution >= 0.6 is 15.9 Å². The standard InChI is InChI=1S/C15H20BrNO4/c1-20-11-6-13(16)12(14(7-11)21-2)9-17-5-3-4-10(8-17)15(18)19/h6-7,10H,3-5,8-9H2,1-2H3,(H,18,19). The molecule has 0 saturated carbocycles. The summed E-state index contributed by atoms with van der Waals surface area (Å²) in [5, 5.41) is 9.17. The number of rotatable bonds is 5. The number of hydrogen-bond donors (Lipinski definition) is 1. The van der Waals surface area contributed by atoms with E-state index in [4.69, 9.17) is 14.6 Å². The summed E-state index contributed by atoms with van der Waals surface area (Å²) >= 11 is 3.55. The Kier molecular flexibility index (Phi) is 5.47. The van der Waals surface area contributed by atoms with Crippen LogP contribution in [0.2, 0.25) is 0 Å². The number of likely N-dealkylation sites (tertiary alicyclic amines) is 1. The highest BCUT2D eigenvalue weighted by molar-refractivity contribution is 9.10. The molecule has 6 heteroatoms. The van der Waals surface area contributed by atoms with Crippen molar-refractivity contribution in [2.24, 2.45) is 5.92 Å². The van der Waals surface area contributed by atoms with Gasteiger partial charge in [0.25, 0.3) is 0 Å². The van der Waals surface area contributed by atoms with Crippen LogP contribution < -0.4 is 9.47 Å². The molecule has 1 aliphatic rings. The van der Waals surface area contributed by atoms with Gasteiger partial charge >= 0.3 is 5.97 Å². The Hall–Kier alpha value is -1.27. The summed E-state index contributed by atoms with van der Waals surface area (Å²) in [7, 11) is 3.24. The molecule has 5 nitrogen and oxygen atoms in total. The average molecular weight is 358 g/mol. The first-order valence-electron chi connectivity index (χ1n) is 6.90. The minimum Gasteiger partial charge on any atom is -0.497 e. The number of hydrogen-bond acceptors (Lipinski definition) is 4. The number of benzene rings is 1. The smallest absolute Gasteiger partial charge is 0.307 e. The normalized spacial score (nSPS) is 19.3. The molecule has 1 aromatic carbocycles. The van der Waals surface area contributed by atoms with E-state index in [1.165, 1.54) is 0 Å². The molecule has 1 fully saturated rings. The Balaban J connectivity index is 2.17. The molecule has 0 aliphatic carbocycles. The van der Waals surface area contributed by atoms with Crippen LogP contribution in [0.1, 0.15) is 18.4 Å². The summed E-state index contributed by atoms with van der Waals surface area (Å²) in [6.07, 6.45) is 1.67. The van der Waals surface area contributed by atoms with Crippen LogP contribution in [0, 0.1) is 5.92 Å². The van der Waals surface area contributed by atoms with Gasteiger partial charge in [-0.2, -0.15) is 0 Å². The monoisotopic (exact) mass is 357 g/mol. The Labute approximate surface area is 133 Å². The minimum absolute atomic E-state index is 0.276. The van der Waals surface area contributed by atoms with Crippen LogP contribution in [0.15, 0.2) is 16.6 Å². The lowest BCUT2D eigenvalue weighted by molar-refractivity contribution is -0.143. The molecule has 21 heavy (non-hydrogen) atoms. The average Bonchev–Trinajstić information content (AvgIpc) is 2.49. The minimum atomic E-state index is -0.708. The van der Waals surface area contributed by atoms with Gasteiger partial charge in [-0.25, -0.2) is 0 Å². The van der Waals surface area contributed by atoms with Crippen molar-refractivity contribution in [3.8, 4) is 11.5 Å². The number of halogens is 1.